The molecule has 2 aliphatic carbocycles. The Morgan fingerprint density at radius 1 is 1.14 bits per heavy atom. The Morgan fingerprint density at radius 2 is 1.90 bits per heavy atom. The summed E-state index contributed by atoms with van der Waals surface area (Å²) in [5.74, 6) is 1.95. The molecule has 2 saturated carbocycles. The number of carbonyl (C=O) groups excluding carboxylic acids is 1. The molecule has 3 atom stereocenters. The number of halogens is 1. The molecule has 21 heavy (non-hydrogen) atoms. The maximum Gasteiger partial charge on any atom is 0.140 e. The number of carbonyl (C=O) groups is 1. The monoisotopic (exact) mass is 288 g/mol. The van der Waals surface area contributed by atoms with E-state index in [1.165, 1.54) is 44.2 Å². The zero-order valence-electron chi connectivity index (χ0n) is 12.9. The van der Waals surface area contributed by atoms with Crippen LogP contribution in [0, 0.1) is 30.5 Å². The van der Waals surface area contributed by atoms with Gasteiger partial charge < -0.3 is 0 Å². The first-order valence-electron chi connectivity index (χ1n) is 8.41. The number of rotatable bonds is 3. The molecule has 2 heteroatoms. The van der Waals surface area contributed by atoms with E-state index in [4.69, 9.17) is 0 Å². The lowest BCUT2D eigenvalue weighted by molar-refractivity contribution is -0.124. The highest BCUT2D eigenvalue weighted by atomic mass is 19.1. The fourth-order valence-corrected chi connectivity index (χ4v) is 4.33. The van der Waals surface area contributed by atoms with Crippen LogP contribution in [0.4, 0.5) is 4.39 Å². The minimum absolute atomic E-state index is 0.215. The van der Waals surface area contributed by atoms with Gasteiger partial charge in [-0.1, -0.05) is 31.7 Å². The summed E-state index contributed by atoms with van der Waals surface area (Å²) in [7, 11) is 0. The van der Waals surface area contributed by atoms with Crippen LogP contribution >= 0.6 is 0 Å². The second-order valence-electron chi connectivity index (χ2n) is 7.03. The summed E-state index contributed by atoms with van der Waals surface area (Å²) in [5, 5.41) is 0. The lowest BCUT2D eigenvalue weighted by Gasteiger charge is -2.38. The van der Waals surface area contributed by atoms with Gasteiger partial charge in [-0.25, -0.2) is 4.39 Å². The van der Waals surface area contributed by atoms with Crippen molar-refractivity contribution in [3.8, 4) is 0 Å². The molecule has 0 amide bonds. The van der Waals surface area contributed by atoms with Crippen LogP contribution in [-0.4, -0.2) is 5.78 Å². The normalized spacial score (nSPS) is 29.0. The van der Waals surface area contributed by atoms with E-state index in [0.29, 0.717) is 12.2 Å². The van der Waals surface area contributed by atoms with Crippen LogP contribution in [0.15, 0.2) is 18.2 Å². The summed E-state index contributed by atoms with van der Waals surface area (Å²) in [4.78, 5) is 12.6. The number of hydrogen-bond acceptors (Lipinski definition) is 1. The maximum atomic E-state index is 13.3. The Kier molecular flexibility index (Phi) is 4.42. The Labute approximate surface area is 126 Å². The predicted octanol–water partition coefficient (Wildman–Crippen LogP) is 4.85. The molecule has 0 bridgehead atoms. The van der Waals surface area contributed by atoms with Crippen LogP contribution in [0.5, 0.6) is 0 Å². The lowest BCUT2D eigenvalue weighted by atomic mass is 9.66. The smallest absolute Gasteiger partial charge is 0.140 e. The van der Waals surface area contributed by atoms with Gasteiger partial charge >= 0.3 is 0 Å². The average molecular weight is 288 g/mol. The molecule has 1 nitrogen and oxygen atoms in total. The van der Waals surface area contributed by atoms with Crippen LogP contribution in [0.1, 0.15) is 56.1 Å². The van der Waals surface area contributed by atoms with Gasteiger partial charge in [-0.2, -0.15) is 0 Å². The van der Waals surface area contributed by atoms with Crippen molar-refractivity contribution in [3.63, 3.8) is 0 Å². The molecular weight excluding hydrogens is 263 g/mol. The van der Waals surface area contributed by atoms with Crippen molar-refractivity contribution in [2.45, 2.75) is 58.3 Å². The molecule has 114 valence electrons. The molecule has 3 unspecified atom stereocenters. The van der Waals surface area contributed by atoms with E-state index >= 15 is 0 Å². The highest BCUT2D eigenvalue weighted by Crippen LogP contribution is 2.43. The van der Waals surface area contributed by atoms with Crippen molar-refractivity contribution in [1.82, 2.24) is 0 Å². The van der Waals surface area contributed by atoms with Crippen LogP contribution in [0.2, 0.25) is 0 Å². The minimum atomic E-state index is -0.237. The average Bonchev–Trinajstić information content (AvgIpc) is 2.50. The van der Waals surface area contributed by atoms with E-state index in [0.717, 1.165) is 35.8 Å². The standard InChI is InChI=1S/C19H25FO/c1-13-6-9-18(20)11-17(13)12-19(21)16-8-7-14-4-2-3-5-15(14)10-16/h6,9,11,14-16H,2-5,7-8,10,12H2,1H3. The van der Waals surface area contributed by atoms with Gasteiger partial charge in [-0.3, -0.25) is 4.79 Å². The van der Waals surface area contributed by atoms with E-state index in [1.807, 2.05) is 6.92 Å². The van der Waals surface area contributed by atoms with Crippen molar-refractivity contribution in [3.05, 3.63) is 35.1 Å². The minimum Gasteiger partial charge on any atom is -0.299 e. The first-order chi connectivity index (χ1) is 10.1. The predicted molar refractivity (Wildman–Crippen MR) is 82.6 cm³/mol. The van der Waals surface area contributed by atoms with E-state index in [2.05, 4.69) is 0 Å². The van der Waals surface area contributed by atoms with Crippen molar-refractivity contribution < 1.29 is 9.18 Å². The van der Waals surface area contributed by atoms with Gasteiger partial charge in [0.2, 0.25) is 0 Å². The van der Waals surface area contributed by atoms with Gasteiger partial charge in [0.15, 0.2) is 0 Å². The third-order valence-corrected chi connectivity index (χ3v) is 5.67. The number of aryl methyl sites for hydroxylation is 1. The Balaban J connectivity index is 1.64. The molecule has 0 N–H and O–H groups in total. The Morgan fingerprint density at radius 3 is 2.71 bits per heavy atom. The number of Topliss-reactive ketones (excluding diaryl/α,β-unsaturated/α-hetero) is 1. The van der Waals surface area contributed by atoms with Crippen molar-refractivity contribution in [2.75, 3.05) is 0 Å². The van der Waals surface area contributed by atoms with E-state index in [1.54, 1.807) is 6.07 Å². The topological polar surface area (TPSA) is 17.1 Å². The SMILES string of the molecule is Cc1ccc(F)cc1CC(=O)C1CCC2CCCCC2C1. The first-order valence-corrected chi connectivity index (χ1v) is 8.41. The zero-order valence-corrected chi connectivity index (χ0v) is 12.9. The summed E-state index contributed by atoms with van der Waals surface area (Å²) in [5.41, 5.74) is 1.89. The number of fused-ring (bicyclic) bond motifs is 1. The van der Waals surface area contributed by atoms with Crippen LogP contribution < -0.4 is 0 Å². The molecule has 0 aromatic heterocycles. The Bertz CT molecular complexity index is 522. The summed E-state index contributed by atoms with van der Waals surface area (Å²) in [6.07, 6.45) is 9.16. The van der Waals surface area contributed by atoms with E-state index < -0.39 is 0 Å². The van der Waals surface area contributed by atoms with Gasteiger partial charge in [0.05, 0.1) is 0 Å². The molecule has 0 spiro atoms. The summed E-state index contributed by atoms with van der Waals surface area (Å²) < 4.78 is 13.3. The molecule has 1 aromatic rings. The molecular formula is C19H25FO. The van der Waals surface area contributed by atoms with Crippen LogP contribution in [0.3, 0.4) is 0 Å². The van der Waals surface area contributed by atoms with Crippen molar-refractivity contribution >= 4 is 5.78 Å². The van der Waals surface area contributed by atoms with Crippen LogP contribution in [-0.2, 0) is 11.2 Å². The van der Waals surface area contributed by atoms with Crippen LogP contribution in [0.25, 0.3) is 0 Å². The zero-order chi connectivity index (χ0) is 14.8. The van der Waals surface area contributed by atoms with Crippen molar-refractivity contribution in [2.24, 2.45) is 17.8 Å². The quantitative estimate of drug-likeness (QED) is 0.777. The largest absolute Gasteiger partial charge is 0.299 e. The molecule has 0 saturated heterocycles. The highest BCUT2D eigenvalue weighted by molar-refractivity contribution is 5.83. The second-order valence-corrected chi connectivity index (χ2v) is 7.03. The number of ketones is 1. The fraction of sp³-hybridized carbons (Fsp3) is 0.632. The summed E-state index contributed by atoms with van der Waals surface area (Å²) >= 11 is 0. The number of benzene rings is 1. The van der Waals surface area contributed by atoms with Gasteiger partial charge in [0.25, 0.3) is 0 Å². The van der Waals surface area contributed by atoms with Gasteiger partial charge in [-0.15, -0.1) is 0 Å². The van der Waals surface area contributed by atoms with Gasteiger partial charge in [0, 0.05) is 12.3 Å². The lowest BCUT2D eigenvalue weighted by Crippen LogP contribution is -2.31. The molecule has 3 rings (SSSR count). The summed E-state index contributed by atoms with van der Waals surface area (Å²) in [6.45, 7) is 1.96. The molecule has 0 heterocycles. The summed E-state index contributed by atoms with van der Waals surface area (Å²) in [6, 6.07) is 4.77. The molecule has 0 aliphatic heterocycles. The Hall–Kier alpha value is -1.18. The number of hydrogen-bond donors (Lipinski definition) is 0. The highest BCUT2D eigenvalue weighted by Gasteiger charge is 2.34. The first kappa shape index (κ1) is 14.7. The molecule has 0 radical (unpaired) electrons. The molecule has 1 aromatic carbocycles. The van der Waals surface area contributed by atoms with Gasteiger partial charge in [0.1, 0.15) is 11.6 Å². The third-order valence-electron chi connectivity index (χ3n) is 5.67. The van der Waals surface area contributed by atoms with E-state index in [-0.39, 0.29) is 11.7 Å². The third kappa shape index (κ3) is 3.36. The second kappa shape index (κ2) is 6.29. The van der Waals surface area contributed by atoms with Crippen molar-refractivity contribution in [1.29, 1.82) is 0 Å². The maximum absolute atomic E-state index is 13.3. The molecule has 2 fully saturated rings. The van der Waals surface area contributed by atoms with E-state index in [9.17, 15) is 9.18 Å². The van der Waals surface area contributed by atoms with Gasteiger partial charge in [-0.05, 0) is 61.3 Å². The molecule has 2 aliphatic rings. The fourth-order valence-electron chi connectivity index (χ4n) is 4.33.